The van der Waals surface area contributed by atoms with Crippen LogP contribution in [0.5, 0.6) is 0 Å². The molecule has 0 aromatic carbocycles. The summed E-state index contributed by atoms with van der Waals surface area (Å²) in [4.78, 5) is 2.51. The van der Waals surface area contributed by atoms with E-state index in [1.54, 1.807) is 7.11 Å². The summed E-state index contributed by atoms with van der Waals surface area (Å²) in [5.74, 6) is 0. The molecule has 2 unspecified atom stereocenters. The molecule has 0 saturated carbocycles. The van der Waals surface area contributed by atoms with Gasteiger partial charge in [0, 0.05) is 32.3 Å². The molecule has 0 radical (unpaired) electrons. The van der Waals surface area contributed by atoms with Gasteiger partial charge in [0.05, 0.1) is 18.3 Å². The van der Waals surface area contributed by atoms with Gasteiger partial charge in [-0.05, 0) is 47.1 Å². The quantitative estimate of drug-likeness (QED) is 0.742. The summed E-state index contributed by atoms with van der Waals surface area (Å²) in [5, 5.41) is 3.60. The van der Waals surface area contributed by atoms with E-state index in [0.29, 0.717) is 18.2 Å². The van der Waals surface area contributed by atoms with Crippen LogP contribution in [0.1, 0.15) is 47.5 Å². The zero-order valence-electron chi connectivity index (χ0n) is 14.2. The highest BCUT2D eigenvalue weighted by atomic mass is 16.5. The minimum Gasteiger partial charge on any atom is -0.379 e. The third-order valence-electron chi connectivity index (χ3n) is 4.38. The van der Waals surface area contributed by atoms with Crippen molar-refractivity contribution in [2.75, 3.05) is 33.4 Å². The Morgan fingerprint density at radius 2 is 2.10 bits per heavy atom. The van der Waals surface area contributed by atoms with Gasteiger partial charge < -0.3 is 14.8 Å². The lowest BCUT2D eigenvalue weighted by molar-refractivity contribution is -0.0613. The zero-order valence-corrected chi connectivity index (χ0v) is 14.2. The van der Waals surface area contributed by atoms with Crippen molar-refractivity contribution < 1.29 is 9.47 Å². The Kier molecular flexibility index (Phi) is 7.45. The molecule has 4 heteroatoms. The summed E-state index contributed by atoms with van der Waals surface area (Å²) in [6, 6.07) is 1.01. The molecule has 1 fully saturated rings. The van der Waals surface area contributed by atoms with E-state index in [-0.39, 0.29) is 5.60 Å². The van der Waals surface area contributed by atoms with E-state index in [4.69, 9.17) is 9.47 Å². The molecule has 2 atom stereocenters. The molecule has 1 heterocycles. The summed E-state index contributed by atoms with van der Waals surface area (Å²) in [5.41, 5.74) is -0.0555. The van der Waals surface area contributed by atoms with Gasteiger partial charge in [0.15, 0.2) is 0 Å². The number of rotatable bonds is 8. The van der Waals surface area contributed by atoms with Crippen molar-refractivity contribution in [1.82, 2.24) is 10.2 Å². The monoisotopic (exact) mass is 286 g/mol. The number of hydrogen-bond acceptors (Lipinski definition) is 4. The molecule has 1 aliphatic rings. The third-order valence-corrected chi connectivity index (χ3v) is 4.38. The molecule has 4 nitrogen and oxygen atoms in total. The van der Waals surface area contributed by atoms with E-state index in [1.165, 1.54) is 0 Å². The lowest BCUT2D eigenvalue weighted by Gasteiger charge is -2.40. The highest BCUT2D eigenvalue weighted by Crippen LogP contribution is 2.21. The Morgan fingerprint density at radius 1 is 1.40 bits per heavy atom. The molecule has 120 valence electrons. The molecular formula is C16H34N2O2. The van der Waals surface area contributed by atoms with Gasteiger partial charge in [-0.1, -0.05) is 6.92 Å². The van der Waals surface area contributed by atoms with Gasteiger partial charge in [-0.25, -0.2) is 0 Å². The van der Waals surface area contributed by atoms with E-state index in [9.17, 15) is 0 Å². The largest absolute Gasteiger partial charge is 0.379 e. The lowest BCUT2D eigenvalue weighted by Crippen LogP contribution is -2.54. The van der Waals surface area contributed by atoms with Crippen LogP contribution in [0.3, 0.4) is 0 Å². The predicted molar refractivity (Wildman–Crippen MR) is 84.2 cm³/mol. The minimum absolute atomic E-state index is 0.0555. The number of morpholine rings is 1. The molecule has 20 heavy (non-hydrogen) atoms. The van der Waals surface area contributed by atoms with Crippen LogP contribution >= 0.6 is 0 Å². The van der Waals surface area contributed by atoms with E-state index < -0.39 is 0 Å². The van der Waals surface area contributed by atoms with Gasteiger partial charge >= 0.3 is 0 Å². The van der Waals surface area contributed by atoms with Crippen LogP contribution in [0.25, 0.3) is 0 Å². The first-order chi connectivity index (χ1) is 9.39. The average Bonchev–Trinajstić information content (AvgIpc) is 2.43. The molecule has 1 rings (SSSR count). The van der Waals surface area contributed by atoms with Crippen molar-refractivity contribution in [1.29, 1.82) is 0 Å². The van der Waals surface area contributed by atoms with Gasteiger partial charge in [-0.3, -0.25) is 4.90 Å². The van der Waals surface area contributed by atoms with Crippen LogP contribution in [0, 0.1) is 0 Å². The zero-order chi connectivity index (χ0) is 15.2. The number of ether oxygens (including phenoxy) is 2. The van der Waals surface area contributed by atoms with Gasteiger partial charge in [-0.15, -0.1) is 0 Å². The Morgan fingerprint density at radius 3 is 2.65 bits per heavy atom. The van der Waals surface area contributed by atoms with Crippen molar-refractivity contribution in [2.24, 2.45) is 0 Å². The van der Waals surface area contributed by atoms with Gasteiger partial charge in [0.1, 0.15) is 0 Å². The Bertz CT molecular complexity index is 269. The predicted octanol–water partition coefficient (Wildman–Crippen LogP) is 2.28. The third kappa shape index (κ3) is 5.68. The molecule has 0 aromatic heterocycles. The fourth-order valence-electron chi connectivity index (χ4n) is 2.70. The second-order valence-electron chi connectivity index (χ2n) is 6.66. The Hall–Kier alpha value is -0.160. The van der Waals surface area contributed by atoms with E-state index in [2.05, 4.69) is 44.8 Å². The van der Waals surface area contributed by atoms with Crippen LogP contribution in [-0.2, 0) is 9.47 Å². The summed E-state index contributed by atoms with van der Waals surface area (Å²) in [6.07, 6.45) is 2.42. The minimum atomic E-state index is -0.0555. The second-order valence-corrected chi connectivity index (χ2v) is 6.66. The second kappa shape index (κ2) is 8.32. The summed E-state index contributed by atoms with van der Waals surface area (Å²) < 4.78 is 11.6. The maximum absolute atomic E-state index is 6.03. The fraction of sp³-hybridized carbons (Fsp3) is 1.00. The van der Waals surface area contributed by atoms with Crippen LogP contribution in [0.15, 0.2) is 0 Å². The van der Waals surface area contributed by atoms with Gasteiger partial charge in [0.2, 0.25) is 0 Å². The molecule has 0 amide bonds. The maximum atomic E-state index is 6.03. The van der Waals surface area contributed by atoms with Crippen molar-refractivity contribution >= 4 is 0 Å². The first kappa shape index (κ1) is 17.9. The van der Waals surface area contributed by atoms with Crippen LogP contribution < -0.4 is 5.32 Å². The molecule has 0 spiro atoms. The summed E-state index contributed by atoms with van der Waals surface area (Å²) >= 11 is 0. The topological polar surface area (TPSA) is 33.7 Å². The normalized spacial score (nSPS) is 23.2. The lowest BCUT2D eigenvalue weighted by atomic mass is 9.95. The number of nitrogens with one attached hydrogen (secondary N) is 1. The smallest absolute Gasteiger partial charge is 0.0855 e. The summed E-state index contributed by atoms with van der Waals surface area (Å²) in [6.45, 7) is 14.9. The van der Waals surface area contributed by atoms with Crippen LogP contribution in [-0.4, -0.2) is 62.0 Å². The highest BCUT2D eigenvalue weighted by molar-refractivity contribution is 4.85. The molecule has 1 N–H and O–H groups in total. The molecule has 1 aliphatic heterocycles. The number of likely N-dealkylation sites (N-methyl/N-ethyl adjacent to an activating group) is 1. The van der Waals surface area contributed by atoms with Crippen LogP contribution in [0.4, 0.5) is 0 Å². The molecule has 0 aliphatic carbocycles. The van der Waals surface area contributed by atoms with Crippen molar-refractivity contribution in [2.45, 2.75) is 71.2 Å². The van der Waals surface area contributed by atoms with Crippen molar-refractivity contribution in [3.05, 3.63) is 0 Å². The highest BCUT2D eigenvalue weighted by Gasteiger charge is 2.30. The average molecular weight is 286 g/mol. The number of nitrogens with zero attached hydrogens (tertiary/aromatic N) is 1. The fourth-order valence-corrected chi connectivity index (χ4v) is 2.70. The first-order valence-electron chi connectivity index (χ1n) is 8.03. The maximum Gasteiger partial charge on any atom is 0.0855 e. The van der Waals surface area contributed by atoms with Crippen molar-refractivity contribution in [3.63, 3.8) is 0 Å². The van der Waals surface area contributed by atoms with E-state index in [1.807, 2.05) is 0 Å². The SMILES string of the molecule is CCNC(CCC(C)(C)OC)C1CN(C(C)C)CCO1. The van der Waals surface area contributed by atoms with Gasteiger partial charge in [0.25, 0.3) is 0 Å². The molecule has 1 saturated heterocycles. The van der Waals surface area contributed by atoms with E-state index in [0.717, 1.165) is 39.1 Å². The Labute approximate surface area is 125 Å². The van der Waals surface area contributed by atoms with Crippen molar-refractivity contribution in [3.8, 4) is 0 Å². The first-order valence-corrected chi connectivity index (χ1v) is 8.03. The Balaban J connectivity index is 2.56. The number of hydrogen-bond donors (Lipinski definition) is 1. The number of methoxy groups -OCH3 is 1. The standard InChI is InChI=1S/C16H34N2O2/c1-7-17-14(8-9-16(4,5)19-6)15-12-18(13(2)3)10-11-20-15/h13-15,17H,7-12H2,1-6H3. The summed E-state index contributed by atoms with van der Waals surface area (Å²) in [7, 11) is 1.79. The van der Waals surface area contributed by atoms with E-state index >= 15 is 0 Å². The van der Waals surface area contributed by atoms with Crippen LogP contribution in [0.2, 0.25) is 0 Å². The molecule has 0 bridgehead atoms. The molecule has 0 aromatic rings. The molecular weight excluding hydrogens is 252 g/mol. The van der Waals surface area contributed by atoms with Gasteiger partial charge in [-0.2, -0.15) is 0 Å².